The van der Waals surface area contributed by atoms with E-state index < -0.39 is 0 Å². The number of hydrogen-bond acceptors (Lipinski definition) is 5. The van der Waals surface area contributed by atoms with E-state index in [1.54, 1.807) is 24.5 Å². The van der Waals surface area contributed by atoms with Gasteiger partial charge in [0.05, 0.1) is 17.6 Å². The van der Waals surface area contributed by atoms with Gasteiger partial charge in [0.1, 0.15) is 0 Å². The van der Waals surface area contributed by atoms with Crippen molar-refractivity contribution < 1.29 is 14.4 Å². The van der Waals surface area contributed by atoms with Crippen LogP contribution in [-0.4, -0.2) is 34.2 Å². The summed E-state index contributed by atoms with van der Waals surface area (Å²) in [4.78, 5) is 37.6. The summed E-state index contributed by atoms with van der Waals surface area (Å²) in [5.41, 5.74) is 0.697. The van der Waals surface area contributed by atoms with Crippen LogP contribution in [0.25, 0.3) is 0 Å². The summed E-state index contributed by atoms with van der Waals surface area (Å²) in [6.07, 6.45) is 6.15. The quantitative estimate of drug-likeness (QED) is 0.678. The number of unbranched alkanes of at least 4 members (excludes halogenated alkanes) is 2. The number of nitrogens with zero attached hydrogens (tertiary/aromatic N) is 1. The molecule has 0 bridgehead atoms. The van der Waals surface area contributed by atoms with Crippen LogP contribution < -0.4 is 10.6 Å². The zero-order chi connectivity index (χ0) is 16.2. The van der Waals surface area contributed by atoms with Gasteiger partial charge in [0.25, 0.3) is 0 Å². The summed E-state index contributed by atoms with van der Waals surface area (Å²) >= 11 is 1.00. The van der Waals surface area contributed by atoms with Gasteiger partial charge >= 0.3 is 0 Å². The lowest BCUT2D eigenvalue weighted by atomic mass is 10.2. The Morgan fingerprint density at radius 2 is 2.00 bits per heavy atom. The second kappa shape index (κ2) is 10.8. The second-order valence-corrected chi connectivity index (χ2v) is 5.88. The van der Waals surface area contributed by atoms with Crippen molar-refractivity contribution in [3.8, 4) is 0 Å². The van der Waals surface area contributed by atoms with Crippen molar-refractivity contribution >= 4 is 34.4 Å². The zero-order valence-electron chi connectivity index (χ0n) is 12.6. The fraction of sp³-hybridized carbons (Fsp3) is 0.467. The van der Waals surface area contributed by atoms with E-state index in [2.05, 4.69) is 15.6 Å². The molecule has 120 valence electrons. The molecule has 0 aliphatic rings. The van der Waals surface area contributed by atoms with Crippen LogP contribution in [0.3, 0.4) is 0 Å². The Morgan fingerprint density at radius 1 is 1.18 bits per heavy atom. The number of amides is 2. The molecule has 7 heteroatoms. The number of carbonyl (C=O) groups excluding carboxylic acids is 3. The van der Waals surface area contributed by atoms with Crippen molar-refractivity contribution in [2.75, 3.05) is 17.6 Å². The predicted octanol–water partition coefficient (Wildman–Crippen LogP) is 1.98. The molecule has 2 amide bonds. The molecule has 0 aromatic carbocycles. The number of pyridine rings is 1. The van der Waals surface area contributed by atoms with Crippen LogP contribution in [0.15, 0.2) is 24.5 Å². The topological polar surface area (TPSA) is 88.2 Å². The molecule has 6 nitrogen and oxygen atoms in total. The van der Waals surface area contributed by atoms with Crippen molar-refractivity contribution in [3.63, 3.8) is 0 Å². The van der Waals surface area contributed by atoms with Gasteiger partial charge in [0.2, 0.25) is 11.8 Å². The summed E-state index contributed by atoms with van der Waals surface area (Å²) in [5.74, 6) is 0.00692. The highest BCUT2D eigenvalue weighted by molar-refractivity contribution is 8.14. The van der Waals surface area contributed by atoms with E-state index in [1.165, 1.54) is 6.92 Å². The summed E-state index contributed by atoms with van der Waals surface area (Å²) < 4.78 is 0. The van der Waals surface area contributed by atoms with Crippen LogP contribution in [0.5, 0.6) is 0 Å². The van der Waals surface area contributed by atoms with Gasteiger partial charge in [-0.2, -0.15) is 0 Å². The van der Waals surface area contributed by atoms with Crippen molar-refractivity contribution in [1.29, 1.82) is 0 Å². The average molecular weight is 323 g/mol. The molecule has 2 N–H and O–H groups in total. The number of aromatic nitrogens is 1. The number of nitrogens with one attached hydrogen (secondary N) is 2. The highest BCUT2D eigenvalue weighted by Gasteiger charge is 2.04. The maximum absolute atomic E-state index is 11.7. The van der Waals surface area contributed by atoms with Gasteiger partial charge in [0.15, 0.2) is 5.12 Å². The van der Waals surface area contributed by atoms with E-state index in [9.17, 15) is 14.4 Å². The maximum atomic E-state index is 11.7. The molecule has 0 atom stereocenters. The van der Waals surface area contributed by atoms with Crippen LogP contribution in [0.4, 0.5) is 5.69 Å². The Bertz CT molecular complexity index is 494. The number of rotatable bonds is 9. The molecule has 0 saturated carbocycles. The average Bonchev–Trinajstić information content (AvgIpc) is 2.49. The fourth-order valence-electron chi connectivity index (χ4n) is 1.69. The van der Waals surface area contributed by atoms with Crippen molar-refractivity contribution in [3.05, 3.63) is 24.5 Å². The molecule has 1 rings (SSSR count). The lowest BCUT2D eigenvalue weighted by Gasteiger charge is -2.05. The molecule has 0 aliphatic carbocycles. The minimum absolute atomic E-state index is 0.0325. The van der Waals surface area contributed by atoms with Crippen molar-refractivity contribution in [2.45, 2.75) is 32.6 Å². The van der Waals surface area contributed by atoms with E-state index in [1.807, 2.05) is 0 Å². The molecule has 1 heterocycles. The minimum atomic E-state index is -0.130. The maximum Gasteiger partial charge on any atom is 0.230 e. The van der Waals surface area contributed by atoms with Crippen LogP contribution in [0.1, 0.15) is 32.6 Å². The molecule has 22 heavy (non-hydrogen) atoms. The summed E-state index contributed by atoms with van der Waals surface area (Å²) in [6, 6.07) is 3.56. The van der Waals surface area contributed by atoms with E-state index >= 15 is 0 Å². The first-order valence-corrected chi connectivity index (χ1v) is 8.16. The first-order chi connectivity index (χ1) is 10.6. The second-order valence-electron chi connectivity index (χ2n) is 4.73. The van der Waals surface area contributed by atoms with Crippen LogP contribution in [0.2, 0.25) is 0 Å². The predicted molar refractivity (Wildman–Crippen MR) is 87.5 cm³/mol. The van der Waals surface area contributed by atoms with Crippen LogP contribution in [-0.2, 0) is 14.4 Å². The van der Waals surface area contributed by atoms with Gasteiger partial charge in [-0.1, -0.05) is 18.2 Å². The molecule has 0 aliphatic heterocycles. The Morgan fingerprint density at radius 3 is 2.68 bits per heavy atom. The molecule has 0 spiro atoms. The third-order valence-corrected chi connectivity index (χ3v) is 3.57. The number of thioether (sulfide) groups is 1. The van der Waals surface area contributed by atoms with Gasteiger partial charge in [-0.3, -0.25) is 19.4 Å². The lowest BCUT2D eigenvalue weighted by molar-refractivity contribution is -0.119. The Hall–Kier alpha value is -1.89. The Kier molecular flexibility index (Phi) is 8.90. The standard InChI is InChI=1S/C15H21N3O3S/c1-12(19)22-11-15(21)17-9-4-2-3-7-14(20)18-13-6-5-8-16-10-13/h5-6,8,10H,2-4,7,9,11H2,1H3,(H,17,21)(H,18,20). The minimum Gasteiger partial charge on any atom is -0.355 e. The SMILES string of the molecule is CC(=O)SCC(=O)NCCCCCC(=O)Nc1cccnc1. The van der Waals surface area contributed by atoms with Gasteiger partial charge in [0, 0.05) is 26.1 Å². The van der Waals surface area contributed by atoms with Crippen LogP contribution in [0, 0.1) is 0 Å². The van der Waals surface area contributed by atoms with E-state index in [0.717, 1.165) is 31.0 Å². The van der Waals surface area contributed by atoms with Crippen molar-refractivity contribution in [1.82, 2.24) is 10.3 Å². The first kappa shape index (κ1) is 18.2. The Labute approximate surface area is 134 Å². The normalized spacial score (nSPS) is 10.0. The number of hydrogen-bond donors (Lipinski definition) is 2. The molecule has 1 aromatic rings. The fourth-order valence-corrected chi connectivity index (χ4v) is 2.13. The summed E-state index contributed by atoms with van der Waals surface area (Å²) in [5, 5.41) is 5.46. The monoisotopic (exact) mass is 323 g/mol. The van der Waals surface area contributed by atoms with Gasteiger partial charge in [-0.25, -0.2) is 0 Å². The third-order valence-electron chi connectivity index (χ3n) is 2.75. The Balaban J connectivity index is 2.00. The molecule has 0 saturated heterocycles. The molecule has 0 radical (unpaired) electrons. The summed E-state index contributed by atoms with van der Waals surface area (Å²) in [6.45, 7) is 2.01. The van der Waals surface area contributed by atoms with Gasteiger partial charge in [-0.15, -0.1) is 0 Å². The molecule has 0 fully saturated rings. The highest BCUT2D eigenvalue weighted by atomic mass is 32.2. The largest absolute Gasteiger partial charge is 0.355 e. The molecular weight excluding hydrogens is 302 g/mol. The highest BCUT2D eigenvalue weighted by Crippen LogP contribution is 2.06. The number of carbonyl (C=O) groups is 3. The van der Waals surface area contributed by atoms with Gasteiger partial charge in [-0.05, 0) is 25.0 Å². The van der Waals surface area contributed by atoms with Gasteiger partial charge < -0.3 is 10.6 Å². The third kappa shape index (κ3) is 9.12. The lowest BCUT2D eigenvalue weighted by Crippen LogP contribution is -2.26. The first-order valence-electron chi connectivity index (χ1n) is 7.18. The molecule has 1 aromatic heterocycles. The smallest absolute Gasteiger partial charge is 0.230 e. The molecule has 0 unspecified atom stereocenters. The summed E-state index contributed by atoms with van der Waals surface area (Å²) in [7, 11) is 0. The molecular formula is C15H21N3O3S. The van der Waals surface area contributed by atoms with E-state index in [0.29, 0.717) is 18.7 Å². The van der Waals surface area contributed by atoms with E-state index in [4.69, 9.17) is 0 Å². The number of anilines is 1. The zero-order valence-corrected chi connectivity index (χ0v) is 13.4. The van der Waals surface area contributed by atoms with E-state index in [-0.39, 0.29) is 22.7 Å². The van der Waals surface area contributed by atoms with Crippen LogP contribution >= 0.6 is 11.8 Å². The van der Waals surface area contributed by atoms with Crippen molar-refractivity contribution in [2.24, 2.45) is 0 Å².